The van der Waals surface area contributed by atoms with E-state index in [4.69, 9.17) is 9.47 Å². The van der Waals surface area contributed by atoms with E-state index in [1.807, 2.05) is 12.1 Å². The van der Waals surface area contributed by atoms with E-state index in [0.717, 1.165) is 24.0 Å². The smallest absolute Gasteiger partial charge is 0.127 e. The van der Waals surface area contributed by atoms with Crippen molar-refractivity contribution in [1.29, 1.82) is 0 Å². The largest absolute Gasteiger partial charge is 0.497 e. The molecule has 132 valence electrons. The van der Waals surface area contributed by atoms with Gasteiger partial charge in [-0.15, -0.1) is 0 Å². The molecule has 0 radical (unpaired) electrons. The molecule has 1 aromatic carbocycles. The Bertz CT molecular complexity index is 551. The van der Waals surface area contributed by atoms with Crippen LogP contribution < -0.4 is 19.3 Å². The summed E-state index contributed by atoms with van der Waals surface area (Å²) in [5.41, 5.74) is 1.26. The number of methoxy groups -OCH3 is 2. The maximum absolute atomic E-state index is 5.53. The molecule has 0 spiro atoms. The molecule has 0 aromatic heterocycles. The Hall–Kier alpha value is -1.52. The maximum atomic E-state index is 5.53. The van der Waals surface area contributed by atoms with Crippen molar-refractivity contribution in [2.75, 3.05) is 46.9 Å². The number of hydrogen-bond donors (Lipinski definition) is 2. The minimum Gasteiger partial charge on any atom is -0.497 e. The highest BCUT2D eigenvalue weighted by Gasteiger charge is 2.26. The first-order valence-corrected chi connectivity index (χ1v) is 9.31. The van der Waals surface area contributed by atoms with Crippen LogP contribution in [0.15, 0.2) is 30.4 Å². The molecule has 2 aliphatic rings. The average Bonchev–Trinajstić information content (AvgIpc) is 2.64. The predicted molar refractivity (Wildman–Crippen MR) is 96.0 cm³/mol. The quantitative estimate of drug-likeness (QED) is 0.736. The average molecular weight is 332 g/mol. The Morgan fingerprint density at radius 2 is 1.79 bits per heavy atom. The van der Waals surface area contributed by atoms with Crippen molar-refractivity contribution in [3.05, 3.63) is 35.9 Å². The molecule has 1 aliphatic carbocycles. The van der Waals surface area contributed by atoms with Crippen molar-refractivity contribution < 1.29 is 19.3 Å². The van der Waals surface area contributed by atoms with Gasteiger partial charge in [0.2, 0.25) is 0 Å². The van der Waals surface area contributed by atoms with Crippen molar-refractivity contribution in [1.82, 2.24) is 0 Å². The summed E-state index contributed by atoms with van der Waals surface area (Å²) in [4.78, 5) is 3.46. The van der Waals surface area contributed by atoms with Crippen molar-refractivity contribution in [3.8, 4) is 11.5 Å². The van der Waals surface area contributed by atoms with Crippen LogP contribution in [0.5, 0.6) is 11.5 Å². The van der Waals surface area contributed by atoms with Crippen LogP contribution in [0.1, 0.15) is 24.8 Å². The first-order valence-electron chi connectivity index (χ1n) is 9.31. The van der Waals surface area contributed by atoms with Gasteiger partial charge in [0.25, 0.3) is 0 Å². The van der Waals surface area contributed by atoms with Crippen LogP contribution in [0, 0.1) is 5.92 Å². The monoisotopic (exact) mass is 332 g/mol. The van der Waals surface area contributed by atoms with Gasteiger partial charge < -0.3 is 19.3 Å². The SMILES string of the molecule is COc1ccc(OC)c(C[NH+]2CC[NH+](C[C@@H]3CC=CCC3)CC2)c1. The highest BCUT2D eigenvalue weighted by molar-refractivity contribution is 5.39. The molecule has 0 amide bonds. The van der Waals surface area contributed by atoms with Crippen LogP contribution in [0.4, 0.5) is 0 Å². The second-order valence-electron chi connectivity index (χ2n) is 7.21. The van der Waals surface area contributed by atoms with Crippen LogP contribution in [0.3, 0.4) is 0 Å². The van der Waals surface area contributed by atoms with Crippen LogP contribution in [0.25, 0.3) is 0 Å². The number of quaternary nitrogens is 2. The summed E-state index contributed by atoms with van der Waals surface area (Å²) in [6.07, 6.45) is 8.68. The minimum absolute atomic E-state index is 0.907. The molecule has 3 rings (SSSR count). The molecule has 0 unspecified atom stereocenters. The third kappa shape index (κ3) is 4.52. The van der Waals surface area contributed by atoms with E-state index in [0.29, 0.717) is 0 Å². The van der Waals surface area contributed by atoms with E-state index in [9.17, 15) is 0 Å². The highest BCUT2D eigenvalue weighted by Crippen LogP contribution is 2.23. The van der Waals surface area contributed by atoms with Crippen molar-refractivity contribution in [3.63, 3.8) is 0 Å². The van der Waals surface area contributed by atoms with E-state index < -0.39 is 0 Å². The molecule has 0 saturated carbocycles. The predicted octanol–water partition coefficient (Wildman–Crippen LogP) is 0.344. The molecule has 4 nitrogen and oxygen atoms in total. The zero-order valence-electron chi connectivity index (χ0n) is 15.1. The summed E-state index contributed by atoms with van der Waals surface area (Å²) in [6, 6.07) is 6.11. The summed E-state index contributed by atoms with van der Waals surface area (Å²) in [5.74, 6) is 2.80. The molecule has 1 aromatic rings. The summed E-state index contributed by atoms with van der Waals surface area (Å²) in [6.45, 7) is 7.47. The number of hydrogen-bond acceptors (Lipinski definition) is 2. The van der Waals surface area contributed by atoms with Crippen LogP contribution >= 0.6 is 0 Å². The number of piperazine rings is 1. The van der Waals surface area contributed by atoms with Crippen LogP contribution in [-0.4, -0.2) is 46.9 Å². The summed E-state index contributed by atoms with van der Waals surface area (Å²) < 4.78 is 10.9. The van der Waals surface area contributed by atoms with E-state index in [1.165, 1.54) is 57.5 Å². The lowest BCUT2D eigenvalue weighted by atomic mass is 9.94. The third-order valence-corrected chi connectivity index (χ3v) is 5.55. The van der Waals surface area contributed by atoms with Gasteiger partial charge >= 0.3 is 0 Å². The Labute approximate surface area is 146 Å². The first-order chi connectivity index (χ1) is 11.8. The maximum Gasteiger partial charge on any atom is 0.127 e. The topological polar surface area (TPSA) is 27.3 Å². The molecule has 1 atom stereocenters. The van der Waals surface area contributed by atoms with Gasteiger partial charge in [0.05, 0.1) is 26.3 Å². The zero-order chi connectivity index (χ0) is 16.8. The lowest BCUT2D eigenvalue weighted by Crippen LogP contribution is -3.27. The van der Waals surface area contributed by atoms with Crippen molar-refractivity contribution in [2.45, 2.75) is 25.8 Å². The second kappa shape index (κ2) is 8.54. The Balaban J connectivity index is 1.51. The van der Waals surface area contributed by atoms with Gasteiger partial charge in [-0.25, -0.2) is 0 Å². The minimum atomic E-state index is 0.907. The van der Waals surface area contributed by atoms with E-state index in [1.54, 1.807) is 24.0 Å². The molecule has 1 fully saturated rings. The number of rotatable bonds is 6. The van der Waals surface area contributed by atoms with Crippen molar-refractivity contribution >= 4 is 0 Å². The Morgan fingerprint density at radius 1 is 1.00 bits per heavy atom. The van der Waals surface area contributed by atoms with Gasteiger partial charge in [-0.05, 0) is 37.5 Å². The highest BCUT2D eigenvalue weighted by atomic mass is 16.5. The van der Waals surface area contributed by atoms with Gasteiger partial charge in [-0.3, -0.25) is 0 Å². The standard InChI is InChI=1S/C20H30N2O2/c1-23-19-8-9-20(24-2)18(14-19)16-22-12-10-21(11-13-22)15-17-6-4-3-5-7-17/h3-4,8-9,14,17H,5-7,10-13,15-16H2,1-2H3/p+2/t17-/m1/s1. The molecule has 0 bridgehead atoms. The number of benzene rings is 1. The summed E-state index contributed by atoms with van der Waals surface area (Å²) in [7, 11) is 3.47. The van der Waals surface area contributed by atoms with Gasteiger partial charge in [0.15, 0.2) is 0 Å². The van der Waals surface area contributed by atoms with Crippen LogP contribution in [-0.2, 0) is 6.54 Å². The third-order valence-electron chi connectivity index (χ3n) is 5.55. The molecule has 2 N–H and O–H groups in total. The molecule has 24 heavy (non-hydrogen) atoms. The molecular weight excluding hydrogens is 300 g/mol. The van der Waals surface area contributed by atoms with Crippen LogP contribution in [0.2, 0.25) is 0 Å². The molecule has 1 heterocycles. The zero-order valence-corrected chi connectivity index (χ0v) is 15.1. The Morgan fingerprint density at radius 3 is 2.46 bits per heavy atom. The number of allylic oxidation sites excluding steroid dienone is 2. The van der Waals surface area contributed by atoms with Gasteiger partial charge in [-0.1, -0.05) is 12.2 Å². The fourth-order valence-corrected chi connectivity index (χ4v) is 4.08. The lowest BCUT2D eigenvalue weighted by Gasteiger charge is -2.32. The summed E-state index contributed by atoms with van der Waals surface area (Å²) >= 11 is 0. The van der Waals surface area contributed by atoms with Gasteiger partial charge in [0, 0.05) is 5.92 Å². The summed E-state index contributed by atoms with van der Waals surface area (Å²) in [5, 5.41) is 0. The lowest BCUT2D eigenvalue weighted by molar-refractivity contribution is -1.02. The number of nitrogens with one attached hydrogen (secondary N) is 2. The molecule has 4 heteroatoms. The van der Waals surface area contributed by atoms with Crippen molar-refractivity contribution in [2.24, 2.45) is 5.92 Å². The molecule has 1 aliphatic heterocycles. The van der Waals surface area contributed by atoms with E-state index in [2.05, 4.69) is 18.2 Å². The van der Waals surface area contributed by atoms with E-state index in [-0.39, 0.29) is 0 Å². The fourth-order valence-electron chi connectivity index (χ4n) is 4.08. The van der Waals surface area contributed by atoms with E-state index >= 15 is 0 Å². The Kier molecular flexibility index (Phi) is 6.16. The van der Waals surface area contributed by atoms with Gasteiger partial charge in [0.1, 0.15) is 44.2 Å². The molecule has 1 saturated heterocycles. The normalized spacial score (nSPS) is 27.0. The number of ether oxygens (including phenoxy) is 2. The van der Waals surface area contributed by atoms with Gasteiger partial charge in [-0.2, -0.15) is 0 Å². The second-order valence-corrected chi connectivity index (χ2v) is 7.21. The molecular formula is C20H32N2O2+2. The fraction of sp³-hybridized carbons (Fsp3) is 0.600. The first kappa shape index (κ1) is 17.3.